The fourth-order valence-electron chi connectivity index (χ4n) is 3.30. The van der Waals surface area contributed by atoms with Gasteiger partial charge in [0.05, 0.1) is 19.3 Å². The zero-order chi connectivity index (χ0) is 24.0. The first-order chi connectivity index (χ1) is 15.9. The summed E-state index contributed by atoms with van der Waals surface area (Å²) in [4.78, 5) is 37.2. The summed E-state index contributed by atoms with van der Waals surface area (Å²) in [7, 11) is 1.27. The number of carboxylic acids is 1. The van der Waals surface area contributed by atoms with Crippen LogP contribution in [0.1, 0.15) is 47.2 Å². The normalized spacial score (nSPS) is 11.5. The summed E-state index contributed by atoms with van der Waals surface area (Å²) in [6.07, 6.45) is 0.731. The number of hydrogen-bond donors (Lipinski definition) is 3. The van der Waals surface area contributed by atoms with Crippen molar-refractivity contribution in [3.8, 4) is 0 Å². The van der Waals surface area contributed by atoms with Crippen molar-refractivity contribution in [1.29, 1.82) is 0 Å². The van der Waals surface area contributed by atoms with Crippen LogP contribution in [0.25, 0.3) is 5.57 Å². The topological polar surface area (TPSA) is 113 Å². The lowest BCUT2D eigenvalue weighted by molar-refractivity contribution is -0.136. The number of aryl methyl sites for hydroxylation is 1. The summed E-state index contributed by atoms with van der Waals surface area (Å²) >= 11 is 1.31. The summed E-state index contributed by atoms with van der Waals surface area (Å²) in [5.41, 5.74) is 3.42. The van der Waals surface area contributed by atoms with Gasteiger partial charge in [0, 0.05) is 27.4 Å². The highest BCUT2D eigenvalue weighted by Crippen LogP contribution is 2.34. The molecule has 8 heteroatoms. The minimum Gasteiger partial charge on any atom is -0.478 e. The quantitative estimate of drug-likeness (QED) is 0.250. The average molecular weight is 466 g/mol. The summed E-state index contributed by atoms with van der Waals surface area (Å²) in [6.45, 7) is 1.95. The van der Waals surface area contributed by atoms with E-state index in [0.29, 0.717) is 26.5 Å². The van der Waals surface area contributed by atoms with Crippen molar-refractivity contribution in [3.05, 3.63) is 97.9 Å². The molecule has 0 fully saturated rings. The molecule has 0 saturated heterocycles. The van der Waals surface area contributed by atoms with Gasteiger partial charge in [-0.2, -0.15) is 0 Å². The molecule has 2 aromatic carbocycles. The first kappa shape index (κ1) is 23.9. The Balaban J connectivity index is 2.15. The maximum absolute atomic E-state index is 12.9. The second-order valence-electron chi connectivity index (χ2n) is 7.23. The monoisotopic (exact) mass is 465 g/mol. The van der Waals surface area contributed by atoms with Gasteiger partial charge in [-0.05, 0) is 42.3 Å². The Morgan fingerprint density at radius 1 is 1.09 bits per heavy atom. The van der Waals surface area contributed by atoms with Crippen LogP contribution in [-0.4, -0.2) is 35.5 Å². The Hall–Kier alpha value is -3.75. The van der Waals surface area contributed by atoms with E-state index in [1.807, 2.05) is 19.1 Å². The highest BCUT2D eigenvalue weighted by molar-refractivity contribution is 7.13. The lowest BCUT2D eigenvalue weighted by Gasteiger charge is -2.17. The number of carbonyl (C=O) groups is 3. The zero-order valence-electron chi connectivity index (χ0n) is 18.1. The molecule has 0 aliphatic carbocycles. The van der Waals surface area contributed by atoms with Crippen molar-refractivity contribution in [3.63, 3.8) is 0 Å². The standard InChI is InChI=1S/C25H23NO6S/c1-15-3-6-18(13-27)20(11-15)22(21-10-9-19(14-28)33-21)23(25(31)32-2)26-12-16-4-7-17(8-5-16)24(29)30/h3-11,13,26,28H,12,14H2,1-2H3,(H,29,30)/b23-22+. The number of esters is 1. The lowest BCUT2D eigenvalue weighted by atomic mass is 9.95. The molecule has 1 heterocycles. The highest BCUT2D eigenvalue weighted by Gasteiger charge is 2.23. The summed E-state index contributed by atoms with van der Waals surface area (Å²) in [6, 6.07) is 15.2. The third-order valence-electron chi connectivity index (χ3n) is 4.98. The Bertz CT molecular complexity index is 1210. The minimum absolute atomic E-state index is 0.150. The molecule has 3 N–H and O–H groups in total. The Labute approximate surface area is 195 Å². The van der Waals surface area contributed by atoms with Crippen LogP contribution in [0, 0.1) is 6.92 Å². The molecule has 0 spiro atoms. The zero-order valence-corrected chi connectivity index (χ0v) is 18.9. The van der Waals surface area contributed by atoms with Crippen molar-refractivity contribution in [2.45, 2.75) is 20.1 Å². The molecule has 0 radical (unpaired) electrons. The molecule has 0 atom stereocenters. The maximum atomic E-state index is 12.9. The van der Waals surface area contributed by atoms with Crippen LogP contribution in [0.2, 0.25) is 0 Å². The predicted molar refractivity (Wildman–Crippen MR) is 125 cm³/mol. The van der Waals surface area contributed by atoms with Crippen molar-refractivity contribution in [2.75, 3.05) is 7.11 Å². The lowest BCUT2D eigenvalue weighted by Crippen LogP contribution is -2.23. The van der Waals surface area contributed by atoms with Crippen LogP contribution in [0.3, 0.4) is 0 Å². The number of carbonyl (C=O) groups excluding carboxylic acids is 2. The van der Waals surface area contributed by atoms with Crippen LogP contribution >= 0.6 is 11.3 Å². The number of thiophene rings is 1. The smallest absolute Gasteiger partial charge is 0.354 e. The maximum Gasteiger partial charge on any atom is 0.354 e. The van der Waals surface area contributed by atoms with E-state index < -0.39 is 11.9 Å². The van der Waals surface area contributed by atoms with E-state index in [4.69, 9.17) is 9.84 Å². The Morgan fingerprint density at radius 2 is 1.82 bits per heavy atom. The molecule has 0 saturated carbocycles. The van der Waals surface area contributed by atoms with E-state index in [2.05, 4.69) is 5.32 Å². The number of nitrogens with one attached hydrogen (secondary N) is 1. The summed E-state index contributed by atoms with van der Waals surface area (Å²) in [5.74, 6) is -1.64. The van der Waals surface area contributed by atoms with Crippen molar-refractivity contribution >= 4 is 35.1 Å². The Morgan fingerprint density at radius 3 is 2.39 bits per heavy atom. The van der Waals surface area contributed by atoms with Crippen LogP contribution in [-0.2, 0) is 22.7 Å². The van der Waals surface area contributed by atoms with E-state index in [-0.39, 0.29) is 24.4 Å². The fourth-order valence-corrected chi connectivity index (χ4v) is 4.23. The number of aromatic carboxylic acids is 1. The molecule has 7 nitrogen and oxygen atoms in total. The molecule has 3 rings (SSSR count). The number of methoxy groups -OCH3 is 1. The number of ether oxygens (including phenoxy) is 1. The largest absolute Gasteiger partial charge is 0.478 e. The molecule has 0 bridgehead atoms. The molecular formula is C25H23NO6S. The van der Waals surface area contributed by atoms with Crippen LogP contribution in [0.4, 0.5) is 0 Å². The van der Waals surface area contributed by atoms with Gasteiger partial charge in [-0.1, -0.05) is 35.9 Å². The van der Waals surface area contributed by atoms with Crippen molar-refractivity contribution in [2.24, 2.45) is 0 Å². The number of benzene rings is 2. The predicted octanol–water partition coefficient (Wildman–Crippen LogP) is 3.78. The van der Waals surface area contributed by atoms with Gasteiger partial charge in [0.2, 0.25) is 0 Å². The Kier molecular flexibility index (Phi) is 7.76. The number of aliphatic hydroxyl groups excluding tert-OH is 1. The van der Waals surface area contributed by atoms with Crippen molar-refractivity contribution < 1.29 is 29.3 Å². The highest BCUT2D eigenvalue weighted by atomic mass is 32.1. The van der Waals surface area contributed by atoms with E-state index in [9.17, 15) is 19.5 Å². The average Bonchev–Trinajstić information content (AvgIpc) is 3.30. The molecule has 3 aromatic rings. The summed E-state index contributed by atoms with van der Waals surface area (Å²) < 4.78 is 5.04. The molecule has 0 amide bonds. The van der Waals surface area contributed by atoms with E-state index >= 15 is 0 Å². The molecule has 0 unspecified atom stereocenters. The molecule has 0 aliphatic heterocycles. The van der Waals surface area contributed by atoms with Gasteiger partial charge in [0.15, 0.2) is 6.29 Å². The van der Waals surface area contributed by atoms with Gasteiger partial charge >= 0.3 is 11.9 Å². The van der Waals surface area contributed by atoms with Gasteiger partial charge in [0.1, 0.15) is 5.70 Å². The minimum atomic E-state index is -1.02. The molecular weight excluding hydrogens is 442 g/mol. The van der Waals surface area contributed by atoms with Gasteiger partial charge < -0.3 is 20.3 Å². The number of aldehydes is 1. The SMILES string of the molecule is COC(=O)/C(NCc1ccc(C(=O)O)cc1)=C(\c1ccc(CO)s1)c1cc(C)ccc1C=O. The van der Waals surface area contributed by atoms with Gasteiger partial charge in [0.25, 0.3) is 0 Å². The third-order valence-corrected chi connectivity index (χ3v) is 6.07. The van der Waals surface area contributed by atoms with E-state index in [1.54, 1.807) is 30.3 Å². The first-order valence-corrected chi connectivity index (χ1v) is 10.8. The molecule has 170 valence electrons. The van der Waals surface area contributed by atoms with Crippen LogP contribution < -0.4 is 5.32 Å². The second kappa shape index (κ2) is 10.7. The van der Waals surface area contributed by atoms with Gasteiger partial charge in [-0.25, -0.2) is 9.59 Å². The van der Waals surface area contributed by atoms with Gasteiger partial charge in [-0.3, -0.25) is 4.79 Å². The fraction of sp³-hybridized carbons (Fsp3) is 0.160. The number of aliphatic hydroxyl groups is 1. The van der Waals surface area contributed by atoms with E-state index in [0.717, 1.165) is 17.4 Å². The summed E-state index contributed by atoms with van der Waals surface area (Å²) in [5, 5.41) is 21.7. The first-order valence-electron chi connectivity index (χ1n) is 10.0. The molecule has 1 aromatic heterocycles. The number of hydrogen-bond acceptors (Lipinski definition) is 7. The number of carboxylic acid groups (broad SMARTS) is 1. The van der Waals surface area contributed by atoms with Crippen LogP contribution in [0.15, 0.2) is 60.3 Å². The molecule has 0 aliphatic rings. The molecule has 33 heavy (non-hydrogen) atoms. The van der Waals surface area contributed by atoms with Crippen LogP contribution in [0.5, 0.6) is 0 Å². The van der Waals surface area contributed by atoms with Crippen molar-refractivity contribution in [1.82, 2.24) is 5.32 Å². The second-order valence-corrected chi connectivity index (χ2v) is 8.40. The van der Waals surface area contributed by atoms with Gasteiger partial charge in [-0.15, -0.1) is 11.3 Å². The number of rotatable bonds is 9. The van der Waals surface area contributed by atoms with E-state index in [1.165, 1.54) is 30.6 Å². The third kappa shape index (κ3) is 5.54.